The predicted octanol–water partition coefficient (Wildman–Crippen LogP) is 4.48. The van der Waals surface area contributed by atoms with Crippen molar-refractivity contribution in [2.24, 2.45) is 10.7 Å². The number of rotatable bonds is 7. The number of thiophene rings is 1. The molecule has 6 heteroatoms. The van der Waals surface area contributed by atoms with Gasteiger partial charge in [-0.3, -0.25) is 0 Å². The third-order valence-corrected chi connectivity index (χ3v) is 3.84. The van der Waals surface area contributed by atoms with Crippen molar-refractivity contribution in [1.82, 2.24) is 5.32 Å². The van der Waals surface area contributed by atoms with Crippen molar-refractivity contribution < 1.29 is 0 Å². The highest BCUT2D eigenvalue weighted by molar-refractivity contribution is 8.93. The maximum absolute atomic E-state index is 6.01. The molecule has 1 heterocycles. The van der Waals surface area contributed by atoms with E-state index in [1.54, 1.807) is 11.3 Å². The second-order valence-electron chi connectivity index (χ2n) is 4.64. The smallest absolute Gasteiger partial charge is 0.141 e. The van der Waals surface area contributed by atoms with E-state index >= 15 is 0 Å². The van der Waals surface area contributed by atoms with Crippen molar-refractivity contribution in [3.05, 3.63) is 52.2 Å². The average Bonchev–Trinajstić information content (AvgIpc) is 2.98. The van der Waals surface area contributed by atoms with Crippen LogP contribution in [-0.4, -0.2) is 18.9 Å². The minimum atomic E-state index is 0. The molecule has 0 aliphatic heterocycles. The molecule has 0 radical (unpaired) electrons. The summed E-state index contributed by atoms with van der Waals surface area (Å²) in [5.41, 5.74) is 8.22. The summed E-state index contributed by atoms with van der Waals surface area (Å²) in [4.78, 5) is 5.50. The van der Waals surface area contributed by atoms with Crippen LogP contribution >= 0.6 is 45.3 Å². The molecule has 0 aliphatic carbocycles. The molecular weight excluding hydrogens is 426 g/mol. The Kier molecular flexibility index (Phi) is 11.5. The molecule has 3 N–H and O–H groups in total. The highest BCUT2D eigenvalue weighted by Gasteiger charge is 2.00. The third-order valence-electron chi connectivity index (χ3n) is 2.95. The van der Waals surface area contributed by atoms with Gasteiger partial charge in [-0.25, -0.2) is 4.99 Å². The molecule has 2 aromatic rings. The normalized spacial score (nSPS) is 10.7. The number of amidine groups is 1. The van der Waals surface area contributed by atoms with Gasteiger partial charge in [0.15, 0.2) is 0 Å². The summed E-state index contributed by atoms with van der Waals surface area (Å²) in [6, 6.07) is 12.2. The van der Waals surface area contributed by atoms with Crippen molar-refractivity contribution in [3.8, 4) is 0 Å². The standard InChI is InChI=1S/C16H21N3S.2BrH/c1-2-9-18-10-8-13-5-3-6-14(12-13)19-16(17)15-7-4-11-20-15;;/h3-7,11-12,18H,2,8-10H2,1H3,(H2,17,19);2*1H. The Morgan fingerprint density at radius 2 is 2.00 bits per heavy atom. The van der Waals surface area contributed by atoms with Crippen LogP contribution in [0.1, 0.15) is 23.8 Å². The molecule has 0 atom stereocenters. The van der Waals surface area contributed by atoms with Gasteiger partial charge in [0.25, 0.3) is 0 Å². The number of hydrogen-bond acceptors (Lipinski definition) is 3. The lowest BCUT2D eigenvalue weighted by Crippen LogP contribution is -2.17. The molecular formula is C16H23Br2N3S. The van der Waals surface area contributed by atoms with E-state index in [4.69, 9.17) is 5.73 Å². The van der Waals surface area contributed by atoms with E-state index in [2.05, 4.69) is 29.4 Å². The molecule has 0 amide bonds. The average molecular weight is 449 g/mol. The molecule has 0 unspecified atom stereocenters. The van der Waals surface area contributed by atoms with Crippen LogP contribution in [0.4, 0.5) is 5.69 Å². The zero-order valence-electron chi connectivity index (χ0n) is 12.6. The first kappa shape index (κ1) is 21.3. The summed E-state index contributed by atoms with van der Waals surface area (Å²) in [7, 11) is 0. The Morgan fingerprint density at radius 3 is 2.68 bits per heavy atom. The molecule has 0 bridgehead atoms. The van der Waals surface area contributed by atoms with E-state index in [0.29, 0.717) is 5.84 Å². The van der Waals surface area contributed by atoms with Crippen molar-refractivity contribution in [1.29, 1.82) is 0 Å². The van der Waals surface area contributed by atoms with Gasteiger partial charge < -0.3 is 11.1 Å². The van der Waals surface area contributed by atoms with Gasteiger partial charge in [-0.2, -0.15) is 0 Å². The van der Waals surface area contributed by atoms with Gasteiger partial charge in [0, 0.05) is 0 Å². The Balaban J connectivity index is 0.00000220. The summed E-state index contributed by atoms with van der Waals surface area (Å²) < 4.78 is 0. The quantitative estimate of drug-likeness (QED) is 0.372. The first-order valence-electron chi connectivity index (χ1n) is 6.97. The number of nitrogens with two attached hydrogens (primary N) is 1. The van der Waals surface area contributed by atoms with Crippen LogP contribution in [-0.2, 0) is 6.42 Å². The number of benzene rings is 1. The Morgan fingerprint density at radius 1 is 1.18 bits per heavy atom. The van der Waals surface area contributed by atoms with Gasteiger partial charge in [0.05, 0.1) is 10.6 Å². The van der Waals surface area contributed by atoms with E-state index in [0.717, 1.165) is 30.1 Å². The van der Waals surface area contributed by atoms with Gasteiger partial charge in [0.2, 0.25) is 0 Å². The highest BCUT2D eigenvalue weighted by atomic mass is 79.9. The van der Waals surface area contributed by atoms with Crippen LogP contribution in [0.15, 0.2) is 46.8 Å². The lowest BCUT2D eigenvalue weighted by atomic mass is 10.1. The van der Waals surface area contributed by atoms with Gasteiger partial charge in [-0.15, -0.1) is 45.3 Å². The lowest BCUT2D eigenvalue weighted by molar-refractivity contribution is 0.671. The summed E-state index contributed by atoms with van der Waals surface area (Å²) in [5, 5.41) is 5.41. The van der Waals surface area contributed by atoms with Crippen molar-refractivity contribution in [2.75, 3.05) is 13.1 Å². The number of hydrogen-bond donors (Lipinski definition) is 2. The van der Waals surface area contributed by atoms with Crippen LogP contribution < -0.4 is 11.1 Å². The van der Waals surface area contributed by atoms with E-state index in [1.807, 2.05) is 29.6 Å². The fourth-order valence-corrected chi connectivity index (χ4v) is 2.56. The minimum absolute atomic E-state index is 0. The summed E-state index contributed by atoms with van der Waals surface area (Å²) in [6.45, 7) is 4.25. The fraction of sp³-hybridized carbons (Fsp3) is 0.312. The molecule has 0 aliphatic rings. The number of halogens is 2. The number of nitrogens with zero attached hydrogens (tertiary/aromatic N) is 1. The largest absolute Gasteiger partial charge is 0.383 e. The topological polar surface area (TPSA) is 50.4 Å². The maximum Gasteiger partial charge on any atom is 0.141 e. The molecule has 22 heavy (non-hydrogen) atoms. The van der Waals surface area contributed by atoms with Crippen LogP contribution in [0.5, 0.6) is 0 Å². The number of aliphatic imine (C=N–C) groups is 1. The van der Waals surface area contributed by atoms with Crippen LogP contribution in [0.3, 0.4) is 0 Å². The third kappa shape index (κ3) is 7.05. The van der Waals surface area contributed by atoms with Crippen LogP contribution in [0.25, 0.3) is 0 Å². The molecule has 122 valence electrons. The summed E-state index contributed by atoms with van der Waals surface area (Å²) in [5.74, 6) is 0.584. The molecule has 0 fully saturated rings. The Bertz CT molecular complexity index is 556. The second-order valence-corrected chi connectivity index (χ2v) is 5.59. The molecule has 2 rings (SSSR count). The van der Waals surface area contributed by atoms with Gasteiger partial charge in [0.1, 0.15) is 5.84 Å². The van der Waals surface area contributed by atoms with Gasteiger partial charge in [-0.1, -0.05) is 25.1 Å². The summed E-state index contributed by atoms with van der Waals surface area (Å²) >= 11 is 1.61. The van der Waals surface area contributed by atoms with E-state index in [-0.39, 0.29) is 34.0 Å². The monoisotopic (exact) mass is 447 g/mol. The minimum Gasteiger partial charge on any atom is -0.383 e. The van der Waals surface area contributed by atoms with Crippen molar-refractivity contribution in [2.45, 2.75) is 19.8 Å². The molecule has 1 aromatic carbocycles. The first-order chi connectivity index (χ1) is 9.79. The van der Waals surface area contributed by atoms with E-state index < -0.39 is 0 Å². The van der Waals surface area contributed by atoms with Gasteiger partial charge >= 0.3 is 0 Å². The van der Waals surface area contributed by atoms with Crippen molar-refractivity contribution >= 4 is 56.8 Å². The second kappa shape index (κ2) is 11.8. The Labute approximate surface area is 157 Å². The summed E-state index contributed by atoms with van der Waals surface area (Å²) in [6.07, 6.45) is 2.18. The van der Waals surface area contributed by atoms with Crippen LogP contribution in [0, 0.1) is 0 Å². The lowest BCUT2D eigenvalue weighted by Gasteiger charge is -2.04. The van der Waals surface area contributed by atoms with E-state index in [1.165, 1.54) is 12.0 Å². The van der Waals surface area contributed by atoms with Crippen molar-refractivity contribution in [3.63, 3.8) is 0 Å². The SMILES string of the molecule is Br.Br.CCCNCCc1cccc(N=C(N)c2cccs2)c1. The Hall–Kier alpha value is -0.690. The molecule has 3 nitrogen and oxygen atoms in total. The predicted molar refractivity (Wildman–Crippen MR) is 109 cm³/mol. The zero-order chi connectivity index (χ0) is 14.2. The molecule has 0 spiro atoms. The maximum atomic E-state index is 6.01. The van der Waals surface area contributed by atoms with E-state index in [9.17, 15) is 0 Å². The highest BCUT2D eigenvalue weighted by Crippen LogP contribution is 2.17. The molecule has 0 saturated heterocycles. The molecule has 1 aromatic heterocycles. The zero-order valence-corrected chi connectivity index (χ0v) is 16.9. The van der Waals surface area contributed by atoms with Crippen LogP contribution in [0.2, 0.25) is 0 Å². The van der Waals surface area contributed by atoms with Gasteiger partial charge in [-0.05, 0) is 55.1 Å². The first-order valence-corrected chi connectivity index (χ1v) is 7.85. The fourth-order valence-electron chi connectivity index (χ4n) is 1.93. The molecule has 0 saturated carbocycles. The number of nitrogens with one attached hydrogen (secondary N) is 1.